The molecule has 5 aromatic carbocycles. The van der Waals surface area contributed by atoms with E-state index in [1.54, 1.807) is 27.7 Å². The van der Waals surface area contributed by atoms with Crippen LogP contribution in [0.25, 0.3) is 22.3 Å². The first-order valence-corrected chi connectivity index (χ1v) is 17.0. The van der Waals surface area contributed by atoms with Crippen molar-refractivity contribution < 1.29 is 19.5 Å². The Kier molecular flexibility index (Phi) is 10.6. The molecule has 0 unspecified atom stereocenters. The van der Waals surface area contributed by atoms with Crippen molar-refractivity contribution in [2.75, 3.05) is 4.90 Å². The van der Waals surface area contributed by atoms with Crippen LogP contribution in [-0.2, 0) is 9.31 Å². The number of para-hydroxylation sites is 1. The maximum absolute atomic E-state index is 10.6. The summed E-state index contributed by atoms with van der Waals surface area (Å²) in [6.45, 7) is 14.8. The van der Waals surface area contributed by atoms with Crippen LogP contribution in [-0.4, -0.2) is 47.6 Å². The van der Waals surface area contributed by atoms with Crippen LogP contribution in [0.3, 0.4) is 0 Å². The second kappa shape index (κ2) is 14.4. The van der Waals surface area contributed by atoms with Gasteiger partial charge in [-0.15, -0.1) is 0 Å². The summed E-state index contributed by atoms with van der Waals surface area (Å²) in [6.07, 6.45) is 0. The lowest BCUT2D eigenvalue weighted by Gasteiger charge is -2.37. The van der Waals surface area contributed by atoms with Crippen LogP contribution in [0.15, 0.2) is 127 Å². The first-order valence-electron chi connectivity index (χ1n) is 17.0. The molecule has 0 aliphatic carbocycles. The van der Waals surface area contributed by atoms with Crippen molar-refractivity contribution in [3.8, 4) is 22.3 Å². The van der Waals surface area contributed by atoms with E-state index in [1.165, 1.54) is 0 Å². The number of aliphatic hydroxyl groups is 2. The lowest BCUT2D eigenvalue weighted by atomic mass is 9.81. The standard InChI is InChI=1S/C42H49B2NO4/c1-39(2,46)41(5,6)48-43-34-20-12-16-30(26-34)32-18-14-24-37(28-32)45(36-22-10-9-11-23-36)38-25-15-19-33(29-38)31-17-13-21-35(27-31)44-49-42(7,8)40(3,4)47/h9-29,43-44,46-47H,1-8H3. The van der Waals surface area contributed by atoms with Gasteiger partial charge >= 0.3 is 15.0 Å². The van der Waals surface area contributed by atoms with Gasteiger partial charge in [-0.3, -0.25) is 0 Å². The summed E-state index contributed by atoms with van der Waals surface area (Å²) in [4.78, 5) is 2.28. The minimum Gasteiger partial charge on any atom is -0.427 e. The quantitative estimate of drug-likeness (QED) is 0.128. The summed E-state index contributed by atoms with van der Waals surface area (Å²) in [5.41, 5.74) is 6.29. The van der Waals surface area contributed by atoms with Gasteiger partial charge in [-0.25, -0.2) is 0 Å². The summed E-state index contributed by atoms with van der Waals surface area (Å²) >= 11 is 0. The summed E-state index contributed by atoms with van der Waals surface area (Å²) in [6, 6.07) is 44.4. The smallest absolute Gasteiger partial charge is 0.309 e. The summed E-state index contributed by atoms with van der Waals surface area (Å²) in [5, 5.41) is 21.1. The predicted octanol–water partition coefficient (Wildman–Crippen LogP) is 7.58. The Balaban J connectivity index is 1.46. The van der Waals surface area contributed by atoms with Gasteiger partial charge in [0.25, 0.3) is 0 Å². The second-order valence-electron chi connectivity index (χ2n) is 14.9. The van der Waals surface area contributed by atoms with E-state index in [4.69, 9.17) is 9.31 Å². The maximum atomic E-state index is 10.6. The molecule has 0 bridgehead atoms. The van der Waals surface area contributed by atoms with Crippen LogP contribution in [0.2, 0.25) is 0 Å². The fourth-order valence-electron chi connectivity index (χ4n) is 5.24. The van der Waals surface area contributed by atoms with Crippen LogP contribution in [0.5, 0.6) is 0 Å². The molecule has 0 spiro atoms. The van der Waals surface area contributed by atoms with Gasteiger partial charge in [-0.2, -0.15) is 0 Å². The minimum absolute atomic E-state index is 0.401. The van der Waals surface area contributed by atoms with Gasteiger partial charge in [-0.1, -0.05) is 102 Å². The Morgan fingerprint density at radius 3 is 1.16 bits per heavy atom. The van der Waals surface area contributed by atoms with Crippen molar-refractivity contribution in [1.29, 1.82) is 0 Å². The molecule has 2 N–H and O–H groups in total. The number of nitrogens with zero attached hydrogens (tertiary/aromatic N) is 1. The van der Waals surface area contributed by atoms with Gasteiger partial charge in [0.15, 0.2) is 0 Å². The number of hydrogen-bond acceptors (Lipinski definition) is 5. The molecular formula is C42H49B2NO4. The van der Waals surface area contributed by atoms with Crippen molar-refractivity contribution in [2.24, 2.45) is 0 Å². The second-order valence-corrected chi connectivity index (χ2v) is 14.9. The average Bonchev–Trinajstić information content (AvgIpc) is 3.07. The molecular weight excluding hydrogens is 604 g/mol. The van der Waals surface area contributed by atoms with E-state index < -0.39 is 22.4 Å². The number of hydrogen-bond donors (Lipinski definition) is 2. The SMILES string of the molecule is CC(C)(O)C(C)(C)OBc1cccc(-c2cccc(N(c3ccccc3)c3cccc(-c4cccc(BOC(C)(C)C(C)(C)O)c4)c3)c2)c1. The molecule has 5 nitrogen and oxygen atoms in total. The monoisotopic (exact) mass is 653 g/mol. The largest absolute Gasteiger partial charge is 0.427 e. The van der Waals surface area contributed by atoms with E-state index in [0.717, 1.165) is 50.2 Å². The molecule has 0 amide bonds. The van der Waals surface area contributed by atoms with E-state index in [-0.39, 0.29) is 0 Å². The highest BCUT2D eigenvalue weighted by Crippen LogP contribution is 2.38. The van der Waals surface area contributed by atoms with E-state index >= 15 is 0 Å². The van der Waals surface area contributed by atoms with Crippen molar-refractivity contribution >= 4 is 43.0 Å². The Hall–Kier alpha value is -4.13. The van der Waals surface area contributed by atoms with Crippen LogP contribution in [0.1, 0.15) is 55.4 Å². The molecule has 0 saturated carbocycles. The van der Waals surface area contributed by atoms with Crippen LogP contribution >= 0.6 is 0 Å². The molecule has 0 radical (unpaired) electrons. The van der Waals surface area contributed by atoms with Crippen LogP contribution in [0.4, 0.5) is 17.1 Å². The zero-order chi connectivity index (χ0) is 35.5. The maximum Gasteiger partial charge on any atom is 0.309 e. The number of benzene rings is 5. The molecule has 0 saturated heterocycles. The van der Waals surface area contributed by atoms with Crippen LogP contribution in [0, 0.1) is 0 Å². The van der Waals surface area contributed by atoms with Crippen LogP contribution < -0.4 is 15.8 Å². The first kappa shape index (κ1) is 36.2. The molecule has 7 heteroatoms. The topological polar surface area (TPSA) is 62.2 Å². The van der Waals surface area contributed by atoms with E-state index in [1.807, 2.05) is 33.8 Å². The fourth-order valence-corrected chi connectivity index (χ4v) is 5.24. The van der Waals surface area contributed by atoms with E-state index in [0.29, 0.717) is 15.0 Å². The Morgan fingerprint density at radius 2 is 0.776 bits per heavy atom. The molecule has 0 aromatic heterocycles. The third-order valence-corrected chi connectivity index (χ3v) is 9.89. The predicted molar refractivity (Wildman–Crippen MR) is 208 cm³/mol. The zero-order valence-corrected chi connectivity index (χ0v) is 30.2. The average molecular weight is 653 g/mol. The van der Waals surface area contributed by atoms with E-state index in [2.05, 4.69) is 126 Å². The van der Waals surface area contributed by atoms with Gasteiger partial charge in [0.05, 0.1) is 22.4 Å². The van der Waals surface area contributed by atoms with Crippen molar-refractivity contribution in [1.82, 2.24) is 0 Å². The highest BCUT2D eigenvalue weighted by atomic mass is 16.5. The molecule has 0 aliphatic heterocycles. The highest BCUT2D eigenvalue weighted by molar-refractivity contribution is 6.47. The summed E-state index contributed by atoms with van der Waals surface area (Å²) < 4.78 is 12.3. The van der Waals surface area contributed by atoms with Gasteiger partial charge in [-0.05, 0) is 114 Å². The summed E-state index contributed by atoms with van der Waals surface area (Å²) in [5.74, 6) is 0. The van der Waals surface area contributed by atoms with Gasteiger partial charge < -0.3 is 24.4 Å². The normalized spacial score (nSPS) is 12.4. The first-order chi connectivity index (χ1) is 23.0. The molecule has 0 aliphatic rings. The summed E-state index contributed by atoms with van der Waals surface area (Å²) in [7, 11) is 0.802. The molecule has 0 atom stereocenters. The molecule has 0 fully saturated rings. The minimum atomic E-state index is -0.969. The van der Waals surface area contributed by atoms with Gasteiger partial charge in [0.2, 0.25) is 0 Å². The number of anilines is 3. The molecule has 49 heavy (non-hydrogen) atoms. The van der Waals surface area contributed by atoms with Crippen molar-refractivity contribution in [3.05, 3.63) is 127 Å². The third kappa shape index (κ3) is 8.73. The Morgan fingerprint density at radius 1 is 0.429 bits per heavy atom. The van der Waals surface area contributed by atoms with Gasteiger partial charge in [0.1, 0.15) is 0 Å². The Bertz CT molecular complexity index is 1740. The molecule has 0 heterocycles. The Labute approximate surface area is 294 Å². The molecule has 5 rings (SSSR count). The van der Waals surface area contributed by atoms with Crippen molar-refractivity contribution in [3.63, 3.8) is 0 Å². The fraction of sp³-hybridized carbons (Fsp3) is 0.286. The highest BCUT2D eigenvalue weighted by Gasteiger charge is 2.36. The number of rotatable bonds is 13. The van der Waals surface area contributed by atoms with E-state index in [9.17, 15) is 10.2 Å². The zero-order valence-electron chi connectivity index (χ0n) is 30.2. The van der Waals surface area contributed by atoms with Gasteiger partial charge in [0, 0.05) is 17.1 Å². The third-order valence-electron chi connectivity index (χ3n) is 9.89. The lowest BCUT2D eigenvalue weighted by molar-refractivity contribution is -0.0893. The lowest BCUT2D eigenvalue weighted by Crippen LogP contribution is -2.49. The molecule has 252 valence electrons. The van der Waals surface area contributed by atoms with Crippen molar-refractivity contribution in [2.45, 2.75) is 77.8 Å². The molecule has 5 aromatic rings.